The number of rotatable bonds is 7. The number of carbonyl (C=O) groups excluding carboxylic acids is 1. The van der Waals surface area contributed by atoms with E-state index in [0.29, 0.717) is 6.42 Å². The summed E-state index contributed by atoms with van der Waals surface area (Å²) in [5, 5.41) is 10.1. The summed E-state index contributed by atoms with van der Waals surface area (Å²) in [7, 11) is 0. The summed E-state index contributed by atoms with van der Waals surface area (Å²) in [4.78, 5) is 11.8. The standard InChI is InChI=1S/C17H30O3/c1-13(2)10-11-15(18)14(3)7-6-9-17-16(19)8-4-5-12-20-17/h10,14-15,17-18H,4-9,11-12H2,1-3H3. The predicted octanol–water partition coefficient (Wildman–Crippen LogP) is 3.65. The first kappa shape index (κ1) is 17.4. The Hall–Kier alpha value is -0.670. The lowest BCUT2D eigenvalue weighted by molar-refractivity contribution is -0.129. The van der Waals surface area contributed by atoms with Crippen LogP contribution in [0.25, 0.3) is 0 Å². The lowest BCUT2D eigenvalue weighted by Gasteiger charge is -2.19. The smallest absolute Gasteiger partial charge is 0.161 e. The summed E-state index contributed by atoms with van der Waals surface area (Å²) in [6.07, 6.45) is 7.67. The fourth-order valence-corrected chi connectivity index (χ4v) is 2.53. The summed E-state index contributed by atoms with van der Waals surface area (Å²) in [6, 6.07) is 0. The number of aliphatic hydroxyl groups excluding tert-OH is 1. The van der Waals surface area contributed by atoms with Crippen molar-refractivity contribution in [2.75, 3.05) is 6.61 Å². The van der Waals surface area contributed by atoms with Crippen molar-refractivity contribution < 1.29 is 14.6 Å². The van der Waals surface area contributed by atoms with Gasteiger partial charge in [-0.3, -0.25) is 4.79 Å². The zero-order valence-corrected chi connectivity index (χ0v) is 13.2. The molecule has 3 nitrogen and oxygen atoms in total. The lowest BCUT2D eigenvalue weighted by atomic mass is 9.93. The van der Waals surface area contributed by atoms with E-state index >= 15 is 0 Å². The van der Waals surface area contributed by atoms with Gasteiger partial charge in [-0.2, -0.15) is 0 Å². The molecule has 3 heteroatoms. The molecule has 0 amide bonds. The molecule has 0 bridgehead atoms. The minimum Gasteiger partial charge on any atom is -0.393 e. The molecule has 116 valence electrons. The Morgan fingerprint density at radius 1 is 1.45 bits per heavy atom. The van der Waals surface area contributed by atoms with Gasteiger partial charge in [-0.25, -0.2) is 0 Å². The van der Waals surface area contributed by atoms with Gasteiger partial charge in [0.05, 0.1) is 6.10 Å². The Kier molecular flexibility index (Phi) is 8.08. The molecule has 3 atom stereocenters. The van der Waals surface area contributed by atoms with Crippen molar-refractivity contribution in [3.8, 4) is 0 Å². The van der Waals surface area contributed by atoms with Crippen LogP contribution in [0.1, 0.15) is 65.7 Å². The molecule has 1 aliphatic rings. The first-order valence-electron chi connectivity index (χ1n) is 7.96. The average molecular weight is 282 g/mol. The van der Waals surface area contributed by atoms with Crippen molar-refractivity contribution in [3.63, 3.8) is 0 Å². The van der Waals surface area contributed by atoms with Crippen molar-refractivity contribution in [1.29, 1.82) is 0 Å². The van der Waals surface area contributed by atoms with Gasteiger partial charge in [-0.1, -0.05) is 25.0 Å². The van der Waals surface area contributed by atoms with Crippen LogP contribution in [0.4, 0.5) is 0 Å². The van der Waals surface area contributed by atoms with Crippen LogP contribution in [-0.2, 0) is 9.53 Å². The second kappa shape index (κ2) is 9.30. The summed E-state index contributed by atoms with van der Waals surface area (Å²) >= 11 is 0. The van der Waals surface area contributed by atoms with Crippen LogP contribution in [0.15, 0.2) is 11.6 Å². The maximum absolute atomic E-state index is 11.8. The number of allylic oxidation sites excluding steroid dienone is 1. The molecule has 1 N–H and O–H groups in total. The monoisotopic (exact) mass is 282 g/mol. The molecule has 0 aromatic rings. The van der Waals surface area contributed by atoms with Crippen LogP contribution in [0.3, 0.4) is 0 Å². The molecule has 0 aromatic heterocycles. The predicted molar refractivity (Wildman–Crippen MR) is 81.7 cm³/mol. The maximum atomic E-state index is 11.8. The molecule has 0 spiro atoms. The first-order valence-corrected chi connectivity index (χ1v) is 7.96. The summed E-state index contributed by atoms with van der Waals surface area (Å²) in [5.41, 5.74) is 1.24. The Bertz CT molecular complexity index is 318. The number of aliphatic hydroxyl groups is 1. The van der Waals surface area contributed by atoms with E-state index in [1.165, 1.54) is 5.57 Å². The van der Waals surface area contributed by atoms with Gasteiger partial charge in [-0.15, -0.1) is 0 Å². The molecular weight excluding hydrogens is 252 g/mol. The minimum absolute atomic E-state index is 0.195. The molecule has 3 unspecified atom stereocenters. The molecular formula is C17H30O3. The molecule has 1 saturated heterocycles. The molecule has 0 aliphatic carbocycles. The van der Waals surface area contributed by atoms with E-state index < -0.39 is 0 Å². The van der Waals surface area contributed by atoms with E-state index in [-0.39, 0.29) is 23.9 Å². The largest absolute Gasteiger partial charge is 0.393 e. The van der Waals surface area contributed by atoms with Gasteiger partial charge in [0.25, 0.3) is 0 Å². The van der Waals surface area contributed by atoms with Gasteiger partial charge >= 0.3 is 0 Å². The van der Waals surface area contributed by atoms with Crippen molar-refractivity contribution in [1.82, 2.24) is 0 Å². The van der Waals surface area contributed by atoms with E-state index in [1.807, 2.05) is 13.8 Å². The molecule has 1 heterocycles. The van der Waals surface area contributed by atoms with Crippen LogP contribution >= 0.6 is 0 Å². The SMILES string of the molecule is CC(C)=CCC(O)C(C)CCCC1OCCCCC1=O. The quantitative estimate of drug-likeness (QED) is 0.725. The van der Waals surface area contributed by atoms with E-state index in [0.717, 1.165) is 45.1 Å². The highest BCUT2D eigenvalue weighted by Gasteiger charge is 2.21. The van der Waals surface area contributed by atoms with E-state index in [1.54, 1.807) is 0 Å². The van der Waals surface area contributed by atoms with Gasteiger partial charge in [0.1, 0.15) is 6.10 Å². The third-order valence-corrected chi connectivity index (χ3v) is 4.05. The lowest BCUT2D eigenvalue weighted by Crippen LogP contribution is -2.23. The molecule has 1 rings (SSSR count). The fraction of sp³-hybridized carbons (Fsp3) is 0.824. The topological polar surface area (TPSA) is 46.5 Å². The third-order valence-electron chi connectivity index (χ3n) is 4.05. The average Bonchev–Trinajstić information content (AvgIpc) is 2.61. The normalized spacial score (nSPS) is 23.0. The first-order chi connectivity index (χ1) is 9.50. The molecule has 20 heavy (non-hydrogen) atoms. The Morgan fingerprint density at radius 3 is 2.90 bits per heavy atom. The highest BCUT2D eigenvalue weighted by molar-refractivity contribution is 5.83. The highest BCUT2D eigenvalue weighted by Crippen LogP contribution is 2.20. The van der Waals surface area contributed by atoms with Crippen LogP contribution < -0.4 is 0 Å². The highest BCUT2D eigenvalue weighted by atomic mass is 16.5. The van der Waals surface area contributed by atoms with E-state index in [9.17, 15) is 9.90 Å². The third kappa shape index (κ3) is 6.67. The summed E-state index contributed by atoms with van der Waals surface area (Å²) in [6.45, 7) is 6.90. The van der Waals surface area contributed by atoms with Gasteiger partial charge in [0.15, 0.2) is 5.78 Å². The van der Waals surface area contributed by atoms with Gasteiger partial charge in [0.2, 0.25) is 0 Å². The van der Waals surface area contributed by atoms with Gasteiger partial charge in [0, 0.05) is 13.0 Å². The van der Waals surface area contributed by atoms with Gasteiger partial charge < -0.3 is 9.84 Å². The zero-order chi connectivity index (χ0) is 15.0. The summed E-state index contributed by atoms with van der Waals surface area (Å²) in [5.74, 6) is 0.534. The van der Waals surface area contributed by atoms with Crippen molar-refractivity contribution >= 4 is 5.78 Å². The Labute approximate surface area is 123 Å². The minimum atomic E-state index is -0.282. The zero-order valence-electron chi connectivity index (χ0n) is 13.2. The van der Waals surface area contributed by atoms with Crippen molar-refractivity contribution in [3.05, 3.63) is 11.6 Å². The maximum Gasteiger partial charge on any atom is 0.161 e. The van der Waals surface area contributed by atoms with Crippen LogP contribution in [0.2, 0.25) is 0 Å². The molecule has 1 aliphatic heterocycles. The van der Waals surface area contributed by atoms with E-state index in [2.05, 4.69) is 13.0 Å². The number of ketones is 1. The number of hydrogen-bond acceptors (Lipinski definition) is 3. The molecule has 0 aromatic carbocycles. The van der Waals surface area contributed by atoms with Crippen LogP contribution in [0, 0.1) is 5.92 Å². The Balaban J connectivity index is 2.24. The molecule has 0 radical (unpaired) electrons. The molecule has 1 fully saturated rings. The number of hydrogen-bond donors (Lipinski definition) is 1. The van der Waals surface area contributed by atoms with Crippen LogP contribution in [0.5, 0.6) is 0 Å². The van der Waals surface area contributed by atoms with E-state index in [4.69, 9.17) is 4.74 Å². The van der Waals surface area contributed by atoms with Crippen LogP contribution in [-0.4, -0.2) is 29.7 Å². The summed E-state index contributed by atoms with van der Waals surface area (Å²) < 4.78 is 5.61. The van der Waals surface area contributed by atoms with Gasteiger partial charge in [-0.05, 0) is 51.9 Å². The Morgan fingerprint density at radius 2 is 2.20 bits per heavy atom. The number of carbonyl (C=O) groups is 1. The number of Topliss-reactive ketones (excluding diaryl/α,β-unsaturated/α-hetero) is 1. The molecule has 0 saturated carbocycles. The van der Waals surface area contributed by atoms with Crippen molar-refractivity contribution in [2.45, 2.75) is 77.9 Å². The number of ether oxygens (including phenoxy) is 1. The second-order valence-corrected chi connectivity index (χ2v) is 6.28. The van der Waals surface area contributed by atoms with Crippen molar-refractivity contribution in [2.24, 2.45) is 5.92 Å². The second-order valence-electron chi connectivity index (χ2n) is 6.28. The fourth-order valence-electron chi connectivity index (χ4n) is 2.53.